The molecule has 1 saturated heterocycles. The maximum Gasteiger partial charge on any atom is 0.442 e. The molecular formula is C30H20F9N9O6. The lowest BCUT2D eigenvalue weighted by Gasteiger charge is -2.18. The van der Waals surface area contributed by atoms with E-state index in [1.54, 1.807) is 0 Å². The van der Waals surface area contributed by atoms with E-state index in [1.807, 2.05) is 10.9 Å². The number of aromatic nitrogens is 3. The van der Waals surface area contributed by atoms with Crippen molar-refractivity contribution in [3.05, 3.63) is 121 Å². The van der Waals surface area contributed by atoms with Crippen LogP contribution in [0.1, 0.15) is 16.7 Å². The number of hydrogen-bond donors (Lipinski definition) is 2. The number of nitrogens with one attached hydrogen (secondary N) is 2. The van der Waals surface area contributed by atoms with Gasteiger partial charge in [0.15, 0.2) is 20.2 Å². The fourth-order valence-corrected chi connectivity index (χ4v) is 5.20. The predicted molar refractivity (Wildman–Crippen MR) is 160 cm³/mol. The van der Waals surface area contributed by atoms with E-state index >= 15 is 0 Å². The lowest BCUT2D eigenvalue weighted by molar-refractivity contribution is -0.166. The second-order valence-electron chi connectivity index (χ2n) is 11.8. The Kier molecular flexibility index (Phi) is 8.24. The Labute approximate surface area is 292 Å². The zero-order chi connectivity index (χ0) is 38.9. The van der Waals surface area contributed by atoms with Gasteiger partial charge in [-0.25, -0.2) is 38.9 Å². The van der Waals surface area contributed by atoms with Crippen LogP contribution in [0.3, 0.4) is 0 Å². The van der Waals surface area contributed by atoms with Crippen LogP contribution in [0.25, 0.3) is 0 Å². The first-order chi connectivity index (χ1) is 25.3. The first-order valence-corrected chi connectivity index (χ1v) is 15.1. The molecule has 3 aliphatic heterocycles. The maximum atomic E-state index is 13.4. The summed E-state index contributed by atoms with van der Waals surface area (Å²) in [5.74, 6) is -0.347. The summed E-state index contributed by atoms with van der Waals surface area (Å²) in [5, 5.41) is 12.4. The minimum absolute atomic E-state index is 0.100. The molecule has 284 valence electrons. The van der Waals surface area contributed by atoms with Gasteiger partial charge in [0.05, 0.1) is 0 Å². The lowest BCUT2D eigenvalue weighted by Crippen LogP contribution is -2.56. The third-order valence-electron chi connectivity index (χ3n) is 8.46. The van der Waals surface area contributed by atoms with Gasteiger partial charge in [0.25, 0.3) is 0 Å². The molecule has 0 aliphatic carbocycles. The van der Waals surface area contributed by atoms with E-state index in [0.29, 0.717) is 13.7 Å². The number of alkyl halides is 9. The van der Waals surface area contributed by atoms with Gasteiger partial charge in [0.1, 0.15) is 17.2 Å². The molecule has 7 rings (SSSR count). The number of halogens is 9. The normalized spacial score (nSPS) is 17.6. The summed E-state index contributed by atoms with van der Waals surface area (Å²) in [6.45, 7) is -2.72. The number of hydrazine groups is 1. The van der Waals surface area contributed by atoms with Crippen molar-refractivity contribution < 1.29 is 53.7 Å². The van der Waals surface area contributed by atoms with Crippen molar-refractivity contribution in [3.8, 4) is 17.2 Å². The SMILES string of the molecule is O=c1n(COc2ccc(C3(C(F)(F)F)N=N3)cc2)c(=O)n(COc2ccc(C3(C(F)(F)F)NN3)cc2)c(=O)n1COc1ccc(C2(C(F)(F)F)N=N2)cc1. The summed E-state index contributed by atoms with van der Waals surface area (Å²) in [6, 6.07) is 12.8. The number of benzene rings is 3. The molecule has 3 aliphatic rings. The highest BCUT2D eigenvalue weighted by Gasteiger charge is 2.66. The molecule has 0 atom stereocenters. The van der Waals surface area contributed by atoms with Crippen molar-refractivity contribution >= 4 is 0 Å². The highest BCUT2D eigenvalue weighted by molar-refractivity contribution is 5.37. The first-order valence-electron chi connectivity index (χ1n) is 15.1. The predicted octanol–water partition coefficient (Wildman–Crippen LogP) is 4.47. The van der Waals surface area contributed by atoms with Crippen molar-refractivity contribution in [2.45, 2.75) is 55.7 Å². The Morgan fingerprint density at radius 3 is 0.963 bits per heavy atom. The fourth-order valence-electron chi connectivity index (χ4n) is 5.20. The summed E-state index contributed by atoms with van der Waals surface area (Å²) in [6.07, 6.45) is -14.3. The van der Waals surface area contributed by atoms with Crippen LogP contribution in [0, 0.1) is 0 Å². The molecule has 4 aromatic rings. The molecule has 0 radical (unpaired) electrons. The van der Waals surface area contributed by atoms with Crippen LogP contribution < -0.4 is 42.1 Å². The monoisotopic (exact) mass is 773 g/mol. The van der Waals surface area contributed by atoms with Gasteiger partial charge in [-0.15, -0.1) is 20.5 Å². The van der Waals surface area contributed by atoms with Gasteiger partial charge in [-0.3, -0.25) is 0 Å². The van der Waals surface area contributed by atoms with E-state index in [1.165, 1.54) is 0 Å². The molecule has 0 spiro atoms. The average Bonchev–Trinajstić information content (AvgIpc) is 3.96. The van der Waals surface area contributed by atoms with Crippen molar-refractivity contribution in [3.63, 3.8) is 0 Å². The molecule has 0 amide bonds. The van der Waals surface area contributed by atoms with Crippen molar-refractivity contribution in [2.75, 3.05) is 0 Å². The van der Waals surface area contributed by atoms with E-state index in [2.05, 4.69) is 20.5 Å². The fraction of sp³-hybridized carbons (Fsp3) is 0.300. The Bertz CT molecular complexity index is 2050. The van der Waals surface area contributed by atoms with Crippen LogP contribution in [0.2, 0.25) is 0 Å². The van der Waals surface area contributed by atoms with Gasteiger partial charge in [-0.05, 0) is 42.0 Å². The van der Waals surface area contributed by atoms with E-state index in [4.69, 9.17) is 14.2 Å². The third kappa shape index (κ3) is 6.14. The van der Waals surface area contributed by atoms with Crippen molar-refractivity contribution in [1.29, 1.82) is 0 Å². The molecule has 0 bridgehead atoms. The average molecular weight is 774 g/mol. The van der Waals surface area contributed by atoms with Crippen LogP contribution >= 0.6 is 0 Å². The van der Waals surface area contributed by atoms with Gasteiger partial charge in [0.2, 0.25) is 5.66 Å². The molecule has 1 aromatic heterocycles. The molecule has 24 heteroatoms. The molecule has 15 nitrogen and oxygen atoms in total. The minimum Gasteiger partial charge on any atom is -0.472 e. The molecule has 1 fully saturated rings. The number of ether oxygens (including phenoxy) is 3. The molecule has 3 aromatic carbocycles. The van der Waals surface area contributed by atoms with Gasteiger partial charge in [0, 0.05) is 11.1 Å². The Morgan fingerprint density at radius 2 is 0.741 bits per heavy atom. The molecule has 0 unspecified atom stereocenters. The molecule has 2 N–H and O–H groups in total. The lowest BCUT2D eigenvalue weighted by atomic mass is 10.0. The van der Waals surface area contributed by atoms with Crippen LogP contribution in [-0.4, -0.2) is 32.2 Å². The number of nitrogens with zero attached hydrogens (tertiary/aromatic N) is 7. The third-order valence-corrected chi connectivity index (χ3v) is 8.46. The van der Waals surface area contributed by atoms with Crippen LogP contribution in [0.4, 0.5) is 39.5 Å². The number of hydrogen-bond acceptors (Lipinski definition) is 12. The summed E-state index contributed by atoms with van der Waals surface area (Å²) >= 11 is 0. The largest absolute Gasteiger partial charge is 0.472 e. The summed E-state index contributed by atoms with van der Waals surface area (Å²) in [7, 11) is 0. The maximum absolute atomic E-state index is 13.4. The Balaban J connectivity index is 1.13. The zero-order valence-electron chi connectivity index (χ0n) is 26.5. The van der Waals surface area contributed by atoms with E-state index in [9.17, 15) is 53.9 Å². The van der Waals surface area contributed by atoms with Crippen LogP contribution in [0.5, 0.6) is 17.2 Å². The van der Waals surface area contributed by atoms with Gasteiger partial charge >= 0.3 is 46.9 Å². The first kappa shape index (κ1) is 36.3. The summed E-state index contributed by atoms with van der Waals surface area (Å²) in [5.41, 5.74) is -8.67. The zero-order valence-corrected chi connectivity index (χ0v) is 26.5. The van der Waals surface area contributed by atoms with E-state index in [-0.39, 0.29) is 33.9 Å². The summed E-state index contributed by atoms with van der Waals surface area (Å²) in [4.78, 5) is 40.2. The van der Waals surface area contributed by atoms with Crippen molar-refractivity contribution in [1.82, 2.24) is 24.6 Å². The molecule has 0 saturated carbocycles. The van der Waals surface area contributed by atoms with Gasteiger partial charge in [-0.1, -0.05) is 36.4 Å². The van der Waals surface area contributed by atoms with Crippen LogP contribution in [-0.2, 0) is 37.2 Å². The topological polar surface area (TPSA) is 187 Å². The summed E-state index contributed by atoms with van der Waals surface area (Å²) < 4.78 is 138. The second kappa shape index (κ2) is 12.3. The second-order valence-corrected chi connectivity index (χ2v) is 11.8. The number of rotatable bonds is 12. The highest BCUT2D eigenvalue weighted by Crippen LogP contribution is 2.53. The smallest absolute Gasteiger partial charge is 0.442 e. The Hall–Kier alpha value is -6.04. The molecule has 54 heavy (non-hydrogen) atoms. The minimum atomic E-state index is -4.80. The Morgan fingerprint density at radius 1 is 0.463 bits per heavy atom. The van der Waals surface area contributed by atoms with E-state index < -0.39 is 72.8 Å². The standard InChI is InChI=1S/C30H20F9N9O6/c31-28(32,33)25(40-41-25)16-1-7-19(8-2-16)52-13-46-22(49)47(14-53-20-9-3-17(4-10-20)26(42-43-26)29(34,35)36)24(51)48(23(46)50)15-54-21-11-5-18(6-12-21)27(44-45-27)30(37,38)39/h1-12,40-41H,13-15H2. The van der Waals surface area contributed by atoms with Gasteiger partial charge < -0.3 is 14.2 Å². The van der Waals surface area contributed by atoms with Crippen LogP contribution in [0.15, 0.2) is 108 Å². The quantitative estimate of drug-likeness (QED) is 0.156. The van der Waals surface area contributed by atoms with Crippen molar-refractivity contribution in [2.24, 2.45) is 20.5 Å². The van der Waals surface area contributed by atoms with E-state index in [0.717, 1.165) is 72.8 Å². The molecule has 4 heterocycles. The highest BCUT2D eigenvalue weighted by atomic mass is 19.4. The molecular weight excluding hydrogens is 753 g/mol. The van der Waals surface area contributed by atoms with Gasteiger partial charge in [-0.2, -0.15) is 39.5 Å².